The van der Waals surface area contributed by atoms with E-state index in [4.69, 9.17) is 0 Å². The van der Waals surface area contributed by atoms with Gasteiger partial charge in [0.2, 0.25) is 0 Å². The molecule has 0 spiro atoms. The fraction of sp³-hybridized carbons (Fsp3) is 0.444. The van der Waals surface area contributed by atoms with Crippen LogP contribution in [0.4, 0.5) is 0 Å². The molecule has 1 aromatic rings. The maximum atomic E-state index is 12.3. The molecular weight excluding hydrogens is 278 g/mol. The lowest BCUT2D eigenvalue weighted by Gasteiger charge is -2.25. The topological polar surface area (TPSA) is 29.1 Å². The summed E-state index contributed by atoms with van der Waals surface area (Å²) in [7, 11) is -1.10. The van der Waals surface area contributed by atoms with Gasteiger partial charge in [0.25, 0.3) is 0 Å². The summed E-state index contributed by atoms with van der Waals surface area (Å²) in [6.07, 6.45) is 4.44. The lowest BCUT2D eigenvalue weighted by molar-refractivity contribution is 0.608. The molecule has 0 aliphatic heterocycles. The summed E-state index contributed by atoms with van der Waals surface area (Å²) in [6, 6.07) is 10.4. The fourth-order valence-electron chi connectivity index (χ4n) is 1.89. The first-order chi connectivity index (χ1) is 9.84. The van der Waals surface area contributed by atoms with Gasteiger partial charge in [0.1, 0.15) is 0 Å². The summed E-state index contributed by atoms with van der Waals surface area (Å²) in [4.78, 5) is 0. The Bertz CT molecular complexity index is 488. The highest BCUT2D eigenvalue weighted by atomic mass is 32.2. The van der Waals surface area contributed by atoms with Gasteiger partial charge in [0.05, 0.1) is 15.7 Å². The molecule has 2 atom stereocenters. The van der Waals surface area contributed by atoms with E-state index in [0.29, 0.717) is 0 Å². The average Bonchev–Trinajstić information content (AvgIpc) is 2.44. The van der Waals surface area contributed by atoms with Gasteiger partial charge in [-0.1, -0.05) is 48.6 Å². The molecule has 0 bridgehead atoms. The van der Waals surface area contributed by atoms with Gasteiger partial charge in [-0.15, -0.1) is 6.58 Å². The van der Waals surface area contributed by atoms with Crippen molar-refractivity contribution in [3.8, 4) is 0 Å². The number of hydrogen-bond donors (Lipinski definition) is 1. The van der Waals surface area contributed by atoms with Gasteiger partial charge in [-0.2, -0.15) is 0 Å². The number of aryl methyl sites for hydroxylation is 1. The van der Waals surface area contributed by atoms with Crippen molar-refractivity contribution < 1.29 is 4.21 Å². The van der Waals surface area contributed by atoms with Crippen LogP contribution in [0.1, 0.15) is 39.2 Å². The molecule has 0 aliphatic carbocycles. The van der Waals surface area contributed by atoms with E-state index in [0.717, 1.165) is 24.8 Å². The zero-order valence-corrected chi connectivity index (χ0v) is 14.2. The summed E-state index contributed by atoms with van der Waals surface area (Å²) in [6.45, 7) is 13.9. The van der Waals surface area contributed by atoms with Crippen LogP contribution >= 0.6 is 0 Å². The van der Waals surface area contributed by atoms with Crippen LogP contribution in [0.25, 0.3) is 0 Å². The van der Waals surface area contributed by atoms with Crippen molar-refractivity contribution in [2.45, 2.75) is 50.8 Å². The summed E-state index contributed by atoms with van der Waals surface area (Å²) in [5.41, 5.74) is 2.38. The monoisotopic (exact) mass is 305 g/mol. The number of rotatable bonds is 8. The van der Waals surface area contributed by atoms with Gasteiger partial charge in [-0.3, -0.25) is 0 Å². The van der Waals surface area contributed by atoms with Crippen molar-refractivity contribution in [3.63, 3.8) is 0 Å². The molecule has 1 N–H and O–H groups in total. The quantitative estimate of drug-likeness (QED) is 0.718. The van der Waals surface area contributed by atoms with Crippen LogP contribution in [-0.2, 0) is 17.4 Å². The Kier molecular flexibility index (Phi) is 7.06. The van der Waals surface area contributed by atoms with E-state index in [9.17, 15) is 4.21 Å². The first-order valence-electron chi connectivity index (χ1n) is 7.35. The molecule has 2 nitrogen and oxygen atoms in total. The number of nitrogens with one attached hydrogen (secondary N) is 1. The normalized spacial score (nSPS) is 14.4. The SMILES string of the molecule is C=CCC(NS(=O)C(C)(C)C)C(=C)CCc1ccccc1. The minimum Gasteiger partial charge on any atom is -0.242 e. The smallest absolute Gasteiger partial charge is 0.0975 e. The van der Waals surface area contributed by atoms with Crippen molar-refractivity contribution >= 4 is 11.0 Å². The molecule has 0 fully saturated rings. The Hall–Kier alpha value is -1.19. The molecule has 116 valence electrons. The van der Waals surface area contributed by atoms with E-state index in [-0.39, 0.29) is 10.8 Å². The van der Waals surface area contributed by atoms with E-state index in [1.807, 2.05) is 45.0 Å². The van der Waals surface area contributed by atoms with Gasteiger partial charge in [-0.25, -0.2) is 8.93 Å². The summed E-state index contributed by atoms with van der Waals surface area (Å²) in [5.74, 6) is 0. The van der Waals surface area contributed by atoms with Gasteiger partial charge in [-0.05, 0) is 45.6 Å². The van der Waals surface area contributed by atoms with Crippen LogP contribution in [0.15, 0.2) is 55.1 Å². The molecule has 0 amide bonds. The van der Waals surface area contributed by atoms with Crippen LogP contribution in [0.5, 0.6) is 0 Å². The van der Waals surface area contributed by atoms with E-state index in [1.165, 1.54) is 5.56 Å². The van der Waals surface area contributed by atoms with Gasteiger partial charge in [0, 0.05) is 6.04 Å². The van der Waals surface area contributed by atoms with Gasteiger partial charge in [0.15, 0.2) is 0 Å². The van der Waals surface area contributed by atoms with E-state index >= 15 is 0 Å². The number of hydrogen-bond acceptors (Lipinski definition) is 1. The lowest BCUT2D eigenvalue weighted by Crippen LogP contribution is -2.40. The first-order valence-corrected chi connectivity index (χ1v) is 8.50. The fourth-order valence-corrected chi connectivity index (χ4v) is 2.77. The molecule has 0 aliphatic rings. The predicted octanol–water partition coefficient (Wildman–Crippen LogP) is 4.17. The molecular formula is C18H27NOS. The molecule has 0 aromatic heterocycles. The highest BCUT2D eigenvalue weighted by Gasteiger charge is 2.23. The van der Waals surface area contributed by atoms with Crippen molar-refractivity contribution in [3.05, 3.63) is 60.7 Å². The molecule has 1 aromatic carbocycles. The van der Waals surface area contributed by atoms with Crippen LogP contribution in [-0.4, -0.2) is 15.0 Å². The minimum atomic E-state index is -1.10. The Morgan fingerprint density at radius 2 is 1.95 bits per heavy atom. The van der Waals surface area contributed by atoms with Crippen LogP contribution in [0, 0.1) is 0 Å². The Morgan fingerprint density at radius 1 is 1.33 bits per heavy atom. The Balaban J connectivity index is 2.61. The standard InChI is InChI=1S/C18H27NOS/c1-6-10-17(19-21(20)18(3,4)5)15(2)13-14-16-11-8-7-9-12-16/h6-9,11-12,17,19H,1-2,10,13-14H2,3-5H3. The molecule has 0 saturated heterocycles. The summed E-state index contributed by atoms with van der Waals surface area (Å²) >= 11 is 0. The predicted molar refractivity (Wildman–Crippen MR) is 93.5 cm³/mol. The van der Waals surface area contributed by atoms with Crippen molar-refractivity contribution in [1.29, 1.82) is 0 Å². The zero-order chi connectivity index (χ0) is 15.9. The van der Waals surface area contributed by atoms with Crippen LogP contribution < -0.4 is 4.72 Å². The van der Waals surface area contributed by atoms with Gasteiger partial charge < -0.3 is 0 Å². The Morgan fingerprint density at radius 3 is 2.48 bits per heavy atom. The third-order valence-electron chi connectivity index (χ3n) is 3.28. The van der Waals surface area contributed by atoms with E-state index in [2.05, 4.69) is 30.0 Å². The van der Waals surface area contributed by atoms with Gasteiger partial charge >= 0.3 is 0 Å². The third-order valence-corrected chi connectivity index (χ3v) is 4.89. The lowest BCUT2D eigenvalue weighted by atomic mass is 9.99. The van der Waals surface area contributed by atoms with Crippen LogP contribution in [0.2, 0.25) is 0 Å². The van der Waals surface area contributed by atoms with Crippen molar-refractivity contribution in [2.75, 3.05) is 0 Å². The van der Waals surface area contributed by atoms with E-state index in [1.54, 1.807) is 0 Å². The van der Waals surface area contributed by atoms with Crippen LogP contribution in [0.3, 0.4) is 0 Å². The molecule has 0 heterocycles. The maximum Gasteiger partial charge on any atom is 0.0975 e. The average molecular weight is 305 g/mol. The number of benzene rings is 1. The molecule has 21 heavy (non-hydrogen) atoms. The van der Waals surface area contributed by atoms with Crippen molar-refractivity contribution in [2.24, 2.45) is 0 Å². The molecule has 2 unspecified atom stereocenters. The molecule has 1 rings (SSSR count). The Labute approximate surface area is 131 Å². The van der Waals surface area contributed by atoms with Crippen molar-refractivity contribution in [1.82, 2.24) is 4.72 Å². The minimum absolute atomic E-state index is 0.0197. The maximum absolute atomic E-state index is 12.3. The zero-order valence-electron chi connectivity index (χ0n) is 13.4. The van der Waals surface area contributed by atoms with E-state index < -0.39 is 11.0 Å². The molecule has 3 heteroatoms. The summed E-state index contributed by atoms with van der Waals surface area (Å²) in [5, 5.41) is 0. The third kappa shape index (κ3) is 6.40. The first kappa shape index (κ1) is 17.9. The highest BCUT2D eigenvalue weighted by molar-refractivity contribution is 7.84. The largest absolute Gasteiger partial charge is 0.242 e. The summed E-state index contributed by atoms with van der Waals surface area (Å²) < 4.78 is 15.2. The second kappa shape index (κ2) is 8.30. The second-order valence-corrected chi connectivity index (χ2v) is 8.22. The molecule has 0 saturated carbocycles. The second-order valence-electron chi connectivity index (χ2n) is 6.22. The highest BCUT2D eigenvalue weighted by Crippen LogP contribution is 2.17. The molecule has 0 radical (unpaired) electrons.